The summed E-state index contributed by atoms with van der Waals surface area (Å²) in [6.45, 7) is 14.8. The minimum atomic E-state index is -3.75. The van der Waals surface area contributed by atoms with Gasteiger partial charge in [0.15, 0.2) is 0 Å². The summed E-state index contributed by atoms with van der Waals surface area (Å²) < 4.78 is 62.8. The van der Waals surface area contributed by atoms with Gasteiger partial charge in [0, 0.05) is 26.2 Å². The Kier molecular flexibility index (Phi) is 9.04. The lowest BCUT2D eigenvalue weighted by Crippen LogP contribution is -2.38. The number of rotatable bonds is 12. The zero-order valence-electron chi connectivity index (χ0n) is 22.6. The molecule has 200 valence electrons. The molecule has 0 aliphatic carbocycles. The third-order valence-corrected chi connectivity index (χ3v) is 11.2. The van der Waals surface area contributed by atoms with Gasteiger partial charge < -0.3 is 4.74 Å². The molecule has 0 bridgehead atoms. The molecular formula is C27H40N2O5S2. The normalized spacial score (nSPS) is 16.2. The first-order valence-corrected chi connectivity index (χ1v) is 15.4. The van der Waals surface area contributed by atoms with Crippen LogP contribution in [0.4, 0.5) is 0 Å². The highest BCUT2D eigenvalue weighted by Gasteiger charge is 2.32. The van der Waals surface area contributed by atoms with E-state index in [-0.39, 0.29) is 19.2 Å². The van der Waals surface area contributed by atoms with E-state index in [2.05, 4.69) is 0 Å². The fraction of sp³-hybridized carbons (Fsp3) is 0.556. The van der Waals surface area contributed by atoms with E-state index < -0.39 is 20.0 Å². The van der Waals surface area contributed by atoms with E-state index >= 15 is 0 Å². The highest BCUT2D eigenvalue weighted by Crippen LogP contribution is 2.28. The molecule has 1 saturated heterocycles. The third kappa shape index (κ3) is 6.37. The molecule has 1 aliphatic heterocycles. The van der Waals surface area contributed by atoms with E-state index in [9.17, 15) is 16.8 Å². The van der Waals surface area contributed by atoms with Crippen LogP contribution in [0.25, 0.3) is 0 Å². The minimum Gasteiger partial charge on any atom is -0.373 e. The predicted octanol–water partition coefficient (Wildman–Crippen LogP) is 4.42. The zero-order chi connectivity index (χ0) is 26.8. The number of hydrogen-bond donors (Lipinski definition) is 0. The van der Waals surface area contributed by atoms with Crippen LogP contribution in [0.2, 0.25) is 0 Å². The molecule has 0 amide bonds. The number of nitrogens with zero attached hydrogens (tertiary/aromatic N) is 2. The molecule has 0 saturated carbocycles. The summed E-state index contributed by atoms with van der Waals surface area (Å²) >= 11 is 0. The molecule has 7 nitrogen and oxygen atoms in total. The standard InChI is InChI=1S/C27H40N2O5S2/c1-8-28(35(30,31)26-21(4)14-19(2)15-22(26)5)11-9-12-29(13-10-25-18-34-25)36(32,33)27-23(6)16-20(3)17-24(27)7/h14-17,25H,8-13,18H2,1-7H3. The summed E-state index contributed by atoms with van der Waals surface area (Å²) in [5.41, 5.74) is 4.95. The van der Waals surface area contributed by atoms with Gasteiger partial charge in [-0.3, -0.25) is 0 Å². The molecular weight excluding hydrogens is 496 g/mol. The first-order chi connectivity index (χ1) is 16.8. The molecule has 9 heteroatoms. The van der Waals surface area contributed by atoms with Crippen molar-refractivity contribution in [3.63, 3.8) is 0 Å². The van der Waals surface area contributed by atoms with Crippen molar-refractivity contribution in [2.75, 3.05) is 32.8 Å². The Morgan fingerprint density at radius 1 is 0.722 bits per heavy atom. The van der Waals surface area contributed by atoms with Gasteiger partial charge in [-0.15, -0.1) is 0 Å². The number of aryl methyl sites for hydroxylation is 6. The molecule has 0 radical (unpaired) electrons. The van der Waals surface area contributed by atoms with Gasteiger partial charge in [-0.2, -0.15) is 8.61 Å². The zero-order valence-corrected chi connectivity index (χ0v) is 24.2. The number of sulfonamides is 2. The monoisotopic (exact) mass is 536 g/mol. The van der Waals surface area contributed by atoms with Crippen molar-refractivity contribution in [3.05, 3.63) is 57.6 Å². The molecule has 1 fully saturated rings. The lowest BCUT2D eigenvalue weighted by molar-refractivity contribution is 0.336. The Labute approximate surface area is 217 Å². The number of hydrogen-bond acceptors (Lipinski definition) is 5. The largest absolute Gasteiger partial charge is 0.373 e. The minimum absolute atomic E-state index is 0.0999. The Morgan fingerprint density at radius 2 is 1.11 bits per heavy atom. The molecule has 0 spiro atoms. The van der Waals surface area contributed by atoms with E-state index in [1.54, 1.807) is 0 Å². The summed E-state index contributed by atoms with van der Waals surface area (Å²) in [4.78, 5) is 0.687. The van der Waals surface area contributed by atoms with Crippen LogP contribution in [-0.2, 0) is 24.8 Å². The molecule has 3 rings (SSSR count). The van der Waals surface area contributed by atoms with E-state index in [1.807, 2.05) is 72.7 Å². The van der Waals surface area contributed by atoms with Crippen molar-refractivity contribution in [3.8, 4) is 0 Å². The first kappa shape index (κ1) is 28.8. The predicted molar refractivity (Wildman–Crippen MR) is 143 cm³/mol. The molecule has 0 N–H and O–H groups in total. The van der Waals surface area contributed by atoms with Gasteiger partial charge >= 0.3 is 0 Å². The van der Waals surface area contributed by atoms with Gasteiger partial charge in [-0.1, -0.05) is 42.3 Å². The number of ether oxygens (including phenoxy) is 1. The number of benzene rings is 2. The number of epoxide rings is 1. The molecule has 2 aromatic carbocycles. The summed E-state index contributed by atoms with van der Waals surface area (Å²) in [5.74, 6) is 0. The van der Waals surface area contributed by atoms with Gasteiger partial charge in [0.25, 0.3) is 0 Å². The first-order valence-electron chi connectivity index (χ1n) is 12.6. The van der Waals surface area contributed by atoms with E-state index in [0.717, 1.165) is 33.4 Å². The maximum absolute atomic E-state index is 13.8. The van der Waals surface area contributed by atoms with Crippen molar-refractivity contribution in [2.24, 2.45) is 0 Å². The van der Waals surface area contributed by atoms with Crippen LogP contribution in [0.3, 0.4) is 0 Å². The molecule has 1 unspecified atom stereocenters. The van der Waals surface area contributed by atoms with Gasteiger partial charge in [0.05, 0.1) is 22.5 Å². The lowest BCUT2D eigenvalue weighted by Gasteiger charge is -2.27. The summed E-state index contributed by atoms with van der Waals surface area (Å²) in [6.07, 6.45) is 1.12. The van der Waals surface area contributed by atoms with Gasteiger partial charge in [-0.25, -0.2) is 16.8 Å². The second-order valence-corrected chi connectivity index (χ2v) is 13.7. The smallest absolute Gasteiger partial charge is 0.243 e. The molecule has 1 atom stereocenters. The van der Waals surface area contributed by atoms with Crippen LogP contribution in [0.1, 0.15) is 53.1 Å². The van der Waals surface area contributed by atoms with Crippen LogP contribution < -0.4 is 0 Å². The van der Waals surface area contributed by atoms with Crippen molar-refractivity contribution < 1.29 is 21.6 Å². The maximum Gasteiger partial charge on any atom is 0.243 e. The Balaban J connectivity index is 1.82. The molecule has 0 aromatic heterocycles. The fourth-order valence-corrected chi connectivity index (χ4v) is 8.96. The summed E-state index contributed by atoms with van der Waals surface area (Å²) in [5, 5.41) is 0. The van der Waals surface area contributed by atoms with Crippen molar-refractivity contribution >= 4 is 20.0 Å². The van der Waals surface area contributed by atoms with E-state index in [4.69, 9.17) is 4.74 Å². The topological polar surface area (TPSA) is 87.3 Å². The molecule has 36 heavy (non-hydrogen) atoms. The highest BCUT2D eigenvalue weighted by molar-refractivity contribution is 7.89. The Morgan fingerprint density at radius 3 is 1.50 bits per heavy atom. The molecule has 1 aliphatic rings. The second kappa shape index (κ2) is 11.3. The van der Waals surface area contributed by atoms with Gasteiger partial charge in [0.2, 0.25) is 20.0 Å². The molecule has 2 aromatic rings. The average Bonchev–Trinajstić information content (AvgIpc) is 3.55. The van der Waals surface area contributed by atoms with E-state index in [0.29, 0.717) is 42.3 Å². The summed E-state index contributed by atoms with van der Waals surface area (Å²) in [6, 6.07) is 7.54. The highest BCUT2D eigenvalue weighted by atomic mass is 32.2. The maximum atomic E-state index is 13.8. The van der Waals surface area contributed by atoms with E-state index in [1.165, 1.54) is 8.61 Å². The van der Waals surface area contributed by atoms with Crippen LogP contribution in [0, 0.1) is 41.5 Å². The average molecular weight is 537 g/mol. The molecule has 1 heterocycles. The van der Waals surface area contributed by atoms with Crippen molar-refractivity contribution in [2.45, 2.75) is 77.2 Å². The van der Waals surface area contributed by atoms with Gasteiger partial charge in [0.1, 0.15) is 0 Å². The second-order valence-electron chi connectivity index (χ2n) is 9.95. The van der Waals surface area contributed by atoms with Crippen LogP contribution in [-0.4, -0.2) is 64.3 Å². The van der Waals surface area contributed by atoms with Crippen molar-refractivity contribution in [1.29, 1.82) is 0 Å². The van der Waals surface area contributed by atoms with Crippen LogP contribution >= 0.6 is 0 Å². The Hall–Kier alpha value is -1.78. The lowest BCUT2D eigenvalue weighted by atomic mass is 10.1. The van der Waals surface area contributed by atoms with Gasteiger partial charge in [-0.05, 0) is 76.6 Å². The SMILES string of the molecule is CCN(CCCN(CCC1CO1)S(=O)(=O)c1c(C)cc(C)cc1C)S(=O)(=O)c1c(C)cc(C)cc1C. The van der Waals surface area contributed by atoms with Crippen molar-refractivity contribution in [1.82, 2.24) is 8.61 Å². The van der Waals surface area contributed by atoms with Crippen LogP contribution in [0.15, 0.2) is 34.1 Å². The third-order valence-electron chi connectivity index (χ3n) is 6.68. The Bertz CT molecular complexity index is 1270. The summed E-state index contributed by atoms with van der Waals surface area (Å²) in [7, 11) is -7.45. The fourth-order valence-electron chi connectivity index (χ4n) is 5.15. The quantitative estimate of drug-likeness (QED) is 0.375. The van der Waals surface area contributed by atoms with Crippen LogP contribution in [0.5, 0.6) is 0 Å².